The lowest BCUT2D eigenvalue weighted by Gasteiger charge is -2.06. The van der Waals surface area contributed by atoms with Crippen LogP contribution in [0.2, 0.25) is 0 Å². The van der Waals surface area contributed by atoms with Crippen LogP contribution in [0.1, 0.15) is 0 Å². The zero-order chi connectivity index (χ0) is 16.6. The molecule has 0 bridgehead atoms. The molecule has 0 saturated carbocycles. The molecule has 0 saturated heterocycles. The van der Waals surface area contributed by atoms with E-state index in [9.17, 15) is 20.0 Å². The van der Waals surface area contributed by atoms with Gasteiger partial charge in [0.1, 0.15) is 11.3 Å². The first kappa shape index (κ1) is 14.6. The number of fused-ring (bicyclic) bond motifs is 1. The quantitative estimate of drug-likeness (QED) is 0.588. The average molecular weight is 313 g/mol. The van der Waals surface area contributed by atoms with Gasteiger partial charge in [-0.3, -0.25) is 14.9 Å². The monoisotopic (exact) mass is 313 g/mol. The van der Waals surface area contributed by atoms with Gasteiger partial charge in [0, 0.05) is 17.7 Å². The number of nitro benzene ring substituents is 1. The zero-order valence-electron chi connectivity index (χ0n) is 12.0. The smallest absolute Gasteiger partial charge is 0.270 e. The number of methoxy groups -OCH3 is 1. The summed E-state index contributed by atoms with van der Waals surface area (Å²) in [6.07, 6.45) is 0. The Morgan fingerprint density at radius 2 is 1.87 bits per heavy atom. The molecule has 0 unspecified atom stereocenters. The van der Waals surface area contributed by atoms with Crippen molar-refractivity contribution in [3.05, 3.63) is 62.8 Å². The molecule has 1 N–H and O–H groups in total. The van der Waals surface area contributed by atoms with E-state index < -0.39 is 16.1 Å². The number of benzene rings is 2. The van der Waals surface area contributed by atoms with Crippen molar-refractivity contribution in [2.45, 2.75) is 0 Å². The molecule has 23 heavy (non-hydrogen) atoms. The van der Waals surface area contributed by atoms with Gasteiger partial charge in [-0.25, -0.2) is 0 Å². The standard InChI is InChI=1S/C16H11NO6/c1-22-11-5-2-9(3-6-11)16-15(19)14(18)12-8-10(17(20)21)4-7-13(12)23-16/h2-8,19H,1H3. The second kappa shape index (κ2) is 5.45. The third kappa shape index (κ3) is 2.48. The Kier molecular flexibility index (Phi) is 3.46. The van der Waals surface area contributed by atoms with Crippen molar-refractivity contribution in [2.75, 3.05) is 7.11 Å². The number of ether oxygens (including phenoxy) is 1. The first-order valence-corrected chi connectivity index (χ1v) is 6.60. The minimum atomic E-state index is -0.722. The van der Waals surface area contributed by atoms with Crippen LogP contribution in [0.15, 0.2) is 51.7 Å². The number of nitrogens with zero attached hydrogens (tertiary/aromatic N) is 1. The molecule has 2 aromatic carbocycles. The minimum Gasteiger partial charge on any atom is -0.502 e. The lowest BCUT2D eigenvalue weighted by molar-refractivity contribution is -0.384. The molecule has 0 spiro atoms. The van der Waals surface area contributed by atoms with E-state index in [1.807, 2.05) is 0 Å². The predicted molar refractivity (Wildman–Crippen MR) is 82.8 cm³/mol. The van der Waals surface area contributed by atoms with Crippen LogP contribution in [-0.2, 0) is 0 Å². The van der Waals surface area contributed by atoms with Gasteiger partial charge in [0.15, 0.2) is 5.76 Å². The highest BCUT2D eigenvalue weighted by Crippen LogP contribution is 2.31. The van der Waals surface area contributed by atoms with Gasteiger partial charge in [0.05, 0.1) is 17.4 Å². The maximum Gasteiger partial charge on any atom is 0.270 e. The summed E-state index contributed by atoms with van der Waals surface area (Å²) in [5, 5.41) is 20.8. The molecule has 0 amide bonds. The Hall–Kier alpha value is -3.35. The largest absolute Gasteiger partial charge is 0.502 e. The molecule has 7 nitrogen and oxygen atoms in total. The molecule has 116 valence electrons. The van der Waals surface area contributed by atoms with Gasteiger partial charge in [-0.05, 0) is 30.3 Å². The zero-order valence-corrected chi connectivity index (χ0v) is 12.0. The number of aromatic hydroxyl groups is 1. The van der Waals surface area contributed by atoms with Crippen LogP contribution in [0, 0.1) is 10.1 Å². The van der Waals surface area contributed by atoms with Crippen molar-refractivity contribution in [3.8, 4) is 22.8 Å². The molecule has 3 aromatic rings. The topological polar surface area (TPSA) is 103 Å². The Balaban J connectivity index is 2.22. The summed E-state index contributed by atoms with van der Waals surface area (Å²) in [6, 6.07) is 10.2. The SMILES string of the molecule is COc1ccc(-c2oc3ccc([N+](=O)[O-])cc3c(=O)c2O)cc1. The average Bonchev–Trinajstić information content (AvgIpc) is 2.57. The van der Waals surface area contributed by atoms with Crippen LogP contribution in [-0.4, -0.2) is 17.1 Å². The molecule has 7 heteroatoms. The second-order valence-electron chi connectivity index (χ2n) is 4.77. The summed E-state index contributed by atoms with van der Waals surface area (Å²) in [4.78, 5) is 22.4. The summed E-state index contributed by atoms with van der Waals surface area (Å²) < 4.78 is 10.6. The van der Waals surface area contributed by atoms with Gasteiger partial charge in [0.2, 0.25) is 11.2 Å². The lowest BCUT2D eigenvalue weighted by Crippen LogP contribution is -2.03. The van der Waals surface area contributed by atoms with Crippen molar-refractivity contribution >= 4 is 16.7 Å². The van der Waals surface area contributed by atoms with Gasteiger partial charge in [-0.1, -0.05) is 0 Å². The lowest BCUT2D eigenvalue weighted by atomic mass is 10.1. The molecule has 3 rings (SSSR count). The van der Waals surface area contributed by atoms with E-state index in [1.54, 1.807) is 24.3 Å². The molecule has 0 radical (unpaired) electrons. The van der Waals surface area contributed by atoms with Crippen molar-refractivity contribution in [3.63, 3.8) is 0 Å². The Bertz CT molecular complexity index is 959. The summed E-state index contributed by atoms with van der Waals surface area (Å²) >= 11 is 0. The summed E-state index contributed by atoms with van der Waals surface area (Å²) in [5.41, 5.74) is -0.327. The Labute approximate surface area is 129 Å². The van der Waals surface area contributed by atoms with Crippen LogP contribution in [0.4, 0.5) is 5.69 Å². The molecule has 0 aliphatic rings. The molecule has 1 heterocycles. The minimum absolute atomic E-state index is 0.000920. The highest BCUT2D eigenvalue weighted by atomic mass is 16.6. The Morgan fingerprint density at radius 3 is 2.48 bits per heavy atom. The number of nitro groups is 1. The van der Waals surface area contributed by atoms with E-state index in [0.717, 1.165) is 6.07 Å². The fourth-order valence-corrected chi connectivity index (χ4v) is 2.22. The molecular formula is C16H11NO6. The third-order valence-corrected chi connectivity index (χ3v) is 3.41. The summed E-state index contributed by atoms with van der Waals surface area (Å²) in [6.45, 7) is 0. The van der Waals surface area contributed by atoms with E-state index in [0.29, 0.717) is 11.3 Å². The maximum atomic E-state index is 12.3. The van der Waals surface area contributed by atoms with Gasteiger partial charge in [-0.2, -0.15) is 0 Å². The van der Waals surface area contributed by atoms with Crippen LogP contribution in [0.25, 0.3) is 22.3 Å². The molecule has 0 atom stereocenters. The van der Waals surface area contributed by atoms with Crippen molar-refractivity contribution < 1.29 is 19.2 Å². The number of rotatable bonds is 3. The van der Waals surface area contributed by atoms with E-state index in [1.165, 1.54) is 19.2 Å². The van der Waals surface area contributed by atoms with Gasteiger partial charge in [-0.15, -0.1) is 0 Å². The highest BCUT2D eigenvalue weighted by Gasteiger charge is 2.17. The number of non-ortho nitro benzene ring substituents is 1. The van der Waals surface area contributed by atoms with E-state index in [4.69, 9.17) is 9.15 Å². The van der Waals surface area contributed by atoms with Gasteiger partial charge >= 0.3 is 0 Å². The van der Waals surface area contributed by atoms with Gasteiger partial charge < -0.3 is 14.3 Å². The van der Waals surface area contributed by atoms with E-state index in [-0.39, 0.29) is 22.4 Å². The first-order chi connectivity index (χ1) is 11.0. The van der Waals surface area contributed by atoms with Crippen LogP contribution < -0.4 is 10.2 Å². The number of hydrogen-bond donors (Lipinski definition) is 1. The van der Waals surface area contributed by atoms with Gasteiger partial charge in [0.25, 0.3) is 5.69 Å². The van der Waals surface area contributed by atoms with Crippen molar-refractivity contribution in [1.29, 1.82) is 0 Å². The molecule has 0 fully saturated rings. The van der Waals surface area contributed by atoms with Crippen molar-refractivity contribution in [2.24, 2.45) is 0 Å². The number of hydrogen-bond acceptors (Lipinski definition) is 6. The normalized spacial score (nSPS) is 10.7. The fourth-order valence-electron chi connectivity index (χ4n) is 2.22. The van der Waals surface area contributed by atoms with E-state index in [2.05, 4.69) is 0 Å². The molecule has 0 aliphatic carbocycles. The maximum absolute atomic E-state index is 12.3. The van der Waals surface area contributed by atoms with Crippen LogP contribution in [0.3, 0.4) is 0 Å². The predicted octanol–water partition coefficient (Wildman–Crippen LogP) is 3.08. The molecule has 1 aromatic heterocycles. The van der Waals surface area contributed by atoms with Crippen LogP contribution in [0.5, 0.6) is 11.5 Å². The third-order valence-electron chi connectivity index (χ3n) is 3.41. The summed E-state index contributed by atoms with van der Waals surface area (Å²) in [5.74, 6) is 0.0224. The first-order valence-electron chi connectivity index (χ1n) is 6.60. The van der Waals surface area contributed by atoms with E-state index >= 15 is 0 Å². The van der Waals surface area contributed by atoms with Crippen LogP contribution >= 0.6 is 0 Å². The fraction of sp³-hybridized carbons (Fsp3) is 0.0625. The highest BCUT2D eigenvalue weighted by molar-refractivity contribution is 5.83. The van der Waals surface area contributed by atoms with Crippen molar-refractivity contribution in [1.82, 2.24) is 0 Å². The summed E-state index contributed by atoms with van der Waals surface area (Å²) in [7, 11) is 1.52. The second-order valence-corrected chi connectivity index (χ2v) is 4.77. The Morgan fingerprint density at radius 1 is 1.17 bits per heavy atom. The molecule has 0 aliphatic heterocycles. The molecular weight excluding hydrogens is 302 g/mol.